The van der Waals surface area contributed by atoms with Crippen molar-refractivity contribution in [1.82, 2.24) is 0 Å². The molecule has 1 rings (SSSR count). The van der Waals surface area contributed by atoms with Crippen LogP contribution >= 0.6 is 22.9 Å². The molecule has 1 heterocycles. The first-order valence-corrected chi connectivity index (χ1v) is 3.15. The van der Waals surface area contributed by atoms with Gasteiger partial charge >= 0.3 is 0 Å². The third-order valence-electron chi connectivity index (χ3n) is 0.682. The Labute approximate surface area is 56.1 Å². The lowest BCUT2D eigenvalue weighted by Gasteiger charge is -1.73. The second kappa shape index (κ2) is 2.17. The summed E-state index contributed by atoms with van der Waals surface area (Å²) in [6.45, 7) is 0. The van der Waals surface area contributed by atoms with E-state index in [1.54, 1.807) is 5.38 Å². The van der Waals surface area contributed by atoms with Crippen LogP contribution in [0.5, 0.6) is 0 Å². The minimum absolute atomic E-state index is 0.428. The van der Waals surface area contributed by atoms with E-state index in [-0.39, 0.29) is 0 Å². The van der Waals surface area contributed by atoms with Crippen LogP contribution in [0.15, 0.2) is 5.38 Å². The summed E-state index contributed by atoms with van der Waals surface area (Å²) in [6.07, 6.45) is 0. The van der Waals surface area contributed by atoms with Crippen molar-refractivity contribution in [2.75, 3.05) is 0 Å². The molecule has 0 aliphatic heterocycles. The summed E-state index contributed by atoms with van der Waals surface area (Å²) in [5.74, 6) is 0. The lowest BCUT2D eigenvalue weighted by molar-refractivity contribution is 1.51. The average molecular weight is 143 g/mol. The fourth-order valence-corrected chi connectivity index (χ4v) is 1.18. The van der Waals surface area contributed by atoms with Crippen molar-refractivity contribution in [2.24, 2.45) is 0 Å². The van der Waals surface area contributed by atoms with Crippen LogP contribution in [-0.2, 0) is 0 Å². The molecule has 0 bridgehead atoms. The Kier molecular flexibility index (Phi) is 1.52. The molecule has 39 valence electrons. The van der Waals surface area contributed by atoms with Crippen molar-refractivity contribution in [1.29, 1.82) is 5.26 Å². The lowest BCUT2D eigenvalue weighted by Crippen LogP contribution is -1.61. The Morgan fingerprint density at radius 2 is 2.62 bits per heavy atom. The van der Waals surface area contributed by atoms with Crippen molar-refractivity contribution >= 4 is 22.9 Å². The SMILES string of the molecule is N#Cc1cs[c]c1Cl. The minimum atomic E-state index is 0.428. The van der Waals surface area contributed by atoms with Crippen LogP contribution in [0.1, 0.15) is 5.56 Å². The van der Waals surface area contributed by atoms with Gasteiger partial charge in [0.05, 0.1) is 16.0 Å². The summed E-state index contributed by atoms with van der Waals surface area (Å²) < 4.78 is 0. The van der Waals surface area contributed by atoms with Crippen LogP contribution in [0.4, 0.5) is 0 Å². The Balaban J connectivity index is 3.15. The Morgan fingerprint density at radius 3 is 2.88 bits per heavy atom. The maximum Gasteiger partial charge on any atom is 0.102 e. The predicted molar refractivity (Wildman–Crippen MR) is 32.9 cm³/mol. The molecule has 1 nitrogen and oxygen atoms in total. The molecule has 0 saturated carbocycles. The minimum Gasteiger partial charge on any atom is -0.192 e. The molecule has 1 aromatic heterocycles. The molecule has 0 amide bonds. The largest absolute Gasteiger partial charge is 0.192 e. The van der Waals surface area contributed by atoms with E-state index < -0.39 is 0 Å². The standard InChI is InChI=1S/C5HClNS/c6-5-3-8-2-4(5)1-7/h2H. The molecule has 0 spiro atoms. The van der Waals surface area contributed by atoms with Crippen LogP contribution in [0.2, 0.25) is 5.02 Å². The number of hydrogen-bond donors (Lipinski definition) is 0. The molecule has 0 saturated heterocycles. The monoisotopic (exact) mass is 142 g/mol. The molecular formula is C5HClNS. The van der Waals surface area contributed by atoms with Gasteiger partial charge in [-0.2, -0.15) is 5.26 Å². The van der Waals surface area contributed by atoms with Gasteiger partial charge in [-0.15, -0.1) is 11.3 Å². The third-order valence-corrected chi connectivity index (χ3v) is 1.77. The van der Waals surface area contributed by atoms with Gasteiger partial charge in [0.1, 0.15) is 6.07 Å². The number of nitriles is 1. The van der Waals surface area contributed by atoms with Crippen molar-refractivity contribution < 1.29 is 0 Å². The molecule has 0 aromatic carbocycles. The van der Waals surface area contributed by atoms with Gasteiger partial charge < -0.3 is 0 Å². The van der Waals surface area contributed by atoms with Crippen molar-refractivity contribution in [2.45, 2.75) is 0 Å². The molecule has 0 atom stereocenters. The summed E-state index contributed by atoms with van der Waals surface area (Å²) in [7, 11) is 0. The highest BCUT2D eigenvalue weighted by Crippen LogP contribution is 2.17. The smallest absolute Gasteiger partial charge is 0.102 e. The fraction of sp³-hybridized carbons (Fsp3) is 0. The quantitative estimate of drug-likeness (QED) is 0.544. The van der Waals surface area contributed by atoms with Gasteiger partial charge in [0.25, 0.3) is 0 Å². The molecule has 8 heavy (non-hydrogen) atoms. The van der Waals surface area contributed by atoms with Gasteiger partial charge in [0, 0.05) is 5.38 Å². The van der Waals surface area contributed by atoms with Crippen LogP contribution < -0.4 is 0 Å². The van der Waals surface area contributed by atoms with Gasteiger partial charge in [-0.3, -0.25) is 0 Å². The normalized spacial score (nSPS) is 8.50. The molecule has 0 aliphatic rings. The molecule has 0 N–H and O–H groups in total. The number of nitrogens with zero attached hydrogens (tertiary/aromatic N) is 1. The van der Waals surface area contributed by atoms with Gasteiger partial charge in [0.2, 0.25) is 0 Å². The predicted octanol–water partition coefficient (Wildman–Crippen LogP) is 2.07. The highest BCUT2D eigenvalue weighted by molar-refractivity contribution is 7.08. The van der Waals surface area contributed by atoms with Crippen LogP contribution in [0.25, 0.3) is 0 Å². The van der Waals surface area contributed by atoms with Crippen molar-refractivity contribution in [3.05, 3.63) is 21.3 Å². The Bertz CT molecular complexity index is 223. The maximum absolute atomic E-state index is 8.26. The first-order valence-electron chi connectivity index (χ1n) is 1.89. The van der Waals surface area contributed by atoms with Crippen LogP contribution in [0, 0.1) is 16.7 Å². The van der Waals surface area contributed by atoms with E-state index in [4.69, 9.17) is 16.9 Å². The first-order chi connectivity index (χ1) is 3.84. The average Bonchev–Trinajstić information content (AvgIpc) is 2.14. The summed E-state index contributed by atoms with van der Waals surface area (Å²) in [4.78, 5) is 0. The zero-order valence-corrected chi connectivity index (χ0v) is 5.38. The van der Waals surface area contributed by atoms with Gasteiger partial charge in [-0.05, 0) is 0 Å². The molecule has 1 aromatic rings. The van der Waals surface area contributed by atoms with E-state index in [1.165, 1.54) is 11.3 Å². The Morgan fingerprint density at radius 1 is 1.88 bits per heavy atom. The summed E-state index contributed by atoms with van der Waals surface area (Å²) >= 11 is 6.78. The summed E-state index contributed by atoms with van der Waals surface area (Å²) in [6, 6.07) is 1.92. The van der Waals surface area contributed by atoms with Gasteiger partial charge in [-0.1, -0.05) is 11.6 Å². The van der Waals surface area contributed by atoms with E-state index in [0.717, 1.165) is 0 Å². The molecule has 0 fully saturated rings. The topological polar surface area (TPSA) is 23.8 Å². The molecule has 1 radical (unpaired) electrons. The highest BCUT2D eigenvalue weighted by atomic mass is 35.5. The zero-order chi connectivity index (χ0) is 5.98. The number of thiophene rings is 1. The van der Waals surface area contributed by atoms with Crippen LogP contribution in [-0.4, -0.2) is 0 Å². The van der Waals surface area contributed by atoms with E-state index in [1.807, 2.05) is 6.07 Å². The zero-order valence-electron chi connectivity index (χ0n) is 3.81. The van der Waals surface area contributed by atoms with Crippen LogP contribution in [0.3, 0.4) is 0 Å². The van der Waals surface area contributed by atoms with E-state index in [2.05, 4.69) is 5.38 Å². The highest BCUT2D eigenvalue weighted by Gasteiger charge is 1.96. The lowest BCUT2D eigenvalue weighted by atomic mass is 10.4. The number of halogens is 1. The van der Waals surface area contributed by atoms with Crippen molar-refractivity contribution in [3.63, 3.8) is 0 Å². The second-order valence-electron chi connectivity index (χ2n) is 1.18. The van der Waals surface area contributed by atoms with Gasteiger partial charge in [0.15, 0.2) is 0 Å². The van der Waals surface area contributed by atoms with E-state index in [0.29, 0.717) is 10.6 Å². The molecule has 0 aliphatic carbocycles. The van der Waals surface area contributed by atoms with E-state index >= 15 is 0 Å². The summed E-state index contributed by atoms with van der Waals surface area (Å²) in [5.41, 5.74) is 0.511. The first kappa shape index (κ1) is 5.61. The Hall–Kier alpha value is -0.520. The second-order valence-corrected chi connectivity index (χ2v) is 2.23. The molecule has 3 heteroatoms. The number of hydrogen-bond acceptors (Lipinski definition) is 2. The summed E-state index contributed by atoms with van der Waals surface area (Å²) in [5, 5.41) is 13.1. The molecule has 0 unspecified atom stereocenters. The molecular weight excluding hydrogens is 142 g/mol. The van der Waals surface area contributed by atoms with Crippen molar-refractivity contribution in [3.8, 4) is 6.07 Å². The fourth-order valence-electron chi connectivity index (χ4n) is 0.322. The third kappa shape index (κ3) is 0.835. The van der Waals surface area contributed by atoms with Gasteiger partial charge in [-0.25, -0.2) is 0 Å². The maximum atomic E-state index is 8.26. The number of rotatable bonds is 0. The van der Waals surface area contributed by atoms with E-state index in [9.17, 15) is 0 Å².